The van der Waals surface area contributed by atoms with E-state index in [2.05, 4.69) is 22.3 Å². The standard InChI is InChI=1S/C17H25N3O.ClH/c1-19(11-14-5-3-2-4-6-14)17(21)13-20-10-9-15-7-8-16(12-20)18-15;/h2-6,15-16,18H,7-13H2,1H3;1H. The first kappa shape index (κ1) is 17.3. The molecule has 2 unspecified atom stereocenters. The molecule has 1 amide bonds. The fraction of sp³-hybridized carbons (Fsp3) is 0.588. The second-order valence-electron chi connectivity index (χ2n) is 6.40. The lowest BCUT2D eigenvalue weighted by atomic mass is 10.1. The molecule has 3 rings (SSSR count). The summed E-state index contributed by atoms with van der Waals surface area (Å²) in [5.74, 6) is 0.219. The van der Waals surface area contributed by atoms with Gasteiger partial charge in [0, 0.05) is 38.8 Å². The Morgan fingerprint density at radius 1 is 1.23 bits per heavy atom. The molecule has 0 aromatic heterocycles. The van der Waals surface area contributed by atoms with E-state index < -0.39 is 0 Å². The van der Waals surface area contributed by atoms with E-state index in [0.717, 1.165) is 13.1 Å². The molecule has 2 fully saturated rings. The second-order valence-corrected chi connectivity index (χ2v) is 6.40. The van der Waals surface area contributed by atoms with Gasteiger partial charge in [0.15, 0.2) is 0 Å². The number of amides is 1. The van der Waals surface area contributed by atoms with E-state index in [1.165, 1.54) is 24.8 Å². The summed E-state index contributed by atoms with van der Waals surface area (Å²) in [6.07, 6.45) is 3.74. The number of carbonyl (C=O) groups excluding carboxylic acids is 1. The fourth-order valence-electron chi connectivity index (χ4n) is 3.42. The maximum Gasteiger partial charge on any atom is 0.236 e. The van der Waals surface area contributed by atoms with Crippen molar-refractivity contribution in [2.75, 3.05) is 26.7 Å². The van der Waals surface area contributed by atoms with Crippen LogP contribution in [0.25, 0.3) is 0 Å². The number of carbonyl (C=O) groups is 1. The lowest BCUT2D eigenvalue weighted by molar-refractivity contribution is -0.131. The zero-order chi connectivity index (χ0) is 14.7. The first-order chi connectivity index (χ1) is 10.2. The van der Waals surface area contributed by atoms with Gasteiger partial charge < -0.3 is 10.2 Å². The molecule has 22 heavy (non-hydrogen) atoms. The smallest absolute Gasteiger partial charge is 0.236 e. The van der Waals surface area contributed by atoms with Crippen molar-refractivity contribution in [3.63, 3.8) is 0 Å². The van der Waals surface area contributed by atoms with Crippen LogP contribution in [-0.4, -0.2) is 54.5 Å². The molecule has 2 heterocycles. The Labute approximate surface area is 139 Å². The van der Waals surface area contributed by atoms with E-state index in [1.54, 1.807) is 0 Å². The summed E-state index contributed by atoms with van der Waals surface area (Å²) in [7, 11) is 1.90. The number of likely N-dealkylation sites (N-methyl/N-ethyl adjacent to an activating group) is 1. The van der Waals surface area contributed by atoms with Gasteiger partial charge in [-0.1, -0.05) is 30.3 Å². The van der Waals surface area contributed by atoms with Crippen molar-refractivity contribution in [3.8, 4) is 0 Å². The van der Waals surface area contributed by atoms with E-state index in [9.17, 15) is 4.79 Å². The molecule has 5 heteroatoms. The zero-order valence-electron chi connectivity index (χ0n) is 13.2. The van der Waals surface area contributed by atoms with E-state index in [4.69, 9.17) is 0 Å². The number of halogens is 1. The summed E-state index contributed by atoms with van der Waals surface area (Å²) in [6.45, 7) is 3.30. The molecule has 0 saturated carbocycles. The first-order valence-electron chi connectivity index (χ1n) is 7.97. The lowest BCUT2D eigenvalue weighted by Crippen LogP contribution is -2.42. The Bertz CT molecular complexity index is 482. The van der Waals surface area contributed by atoms with Gasteiger partial charge in [0.05, 0.1) is 6.54 Å². The van der Waals surface area contributed by atoms with Crippen molar-refractivity contribution in [3.05, 3.63) is 35.9 Å². The number of hydrogen-bond donors (Lipinski definition) is 1. The van der Waals surface area contributed by atoms with Crippen LogP contribution in [0.15, 0.2) is 30.3 Å². The molecular weight excluding hydrogens is 298 g/mol. The Morgan fingerprint density at radius 3 is 2.73 bits per heavy atom. The molecule has 122 valence electrons. The topological polar surface area (TPSA) is 35.6 Å². The van der Waals surface area contributed by atoms with Crippen LogP contribution >= 0.6 is 12.4 Å². The molecule has 1 N–H and O–H groups in total. The minimum absolute atomic E-state index is 0. The van der Waals surface area contributed by atoms with Crippen molar-refractivity contribution in [2.24, 2.45) is 0 Å². The second kappa shape index (κ2) is 7.95. The van der Waals surface area contributed by atoms with Crippen LogP contribution in [-0.2, 0) is 11.3 Å². The van der Waals surface area contributed by atoms with Crippen molar-refractivity contribution < 1.29 is 4.79 Å². The average molecular weight is 324 g/mol. The van der Waals surface area contributed by atoms with Gasteiger partial charge in [0.1, 0.15) is 0 Å². The summed E-state index contributed by atoms with van der Waals surface area (Å²) in [5.41, 5.74) is 1.19. The normalized spacial score (nSPS) is 24.4. The monoisotopic (exact) mass is 323 g/mol. The third-order valence-electron chi connectivity index (χ3n) is 4.65. The Balaban J connectivity index is 0.00000176. The van der Waals surface area contributed by atoms with Gasteiger partial charge in [0.25, 0.3) is 0 Å². The molecule has 2 atom stereocenters. The van der Waals surface area contributed by atoms with Gasteiger partial charge in [-0.3, -0.25) is 9.69 Å². The minimum Gasteiger partial charge on any atom is -0.340 e. The molecule has 1 aromatic rings. The summed E-state index contributed by atoms with van der Waals surface area (Å²) in [5, 5.41) is 3.66. The predicted molar refractivity (Wildman–Crippen MR) is 91.2 cm³/mol. The SMILES string of the molecule is CN(Cc1ccccc1)C(=O)CN1CCC2CCC(C1)N2.Cl. The van der Waals surface area contributed by atoms with Crippen LogP contribution in [0.1, 0.15) is 24.8 Å². The number of rotatable bonds is 4. The molecule has 1 aromatic carbocycles. The number of fused-ring (bicyclic) bond motifs is 2. The minimum atomic E-state index is 0. The van der Waals surface area contributed by atoms with Crippen LogP contribution in [0.5, 0.6) is 0 Å². The van der Waals surface area contributed by atoms with Gasteiger partial charge in [-0.05, 0) is 24.8 Å². The summed E-state index contributed by atoms with van der Waals surface area (Å²) < 4.78 is 0. The Morgan fingerprint density at radius 2 is 1.95 bits per heavy atom. The van der Waals surface area contributed by atoms with Crippen molar-refractivity contribution in [1.82, 2.24) is 15.1 Å². The summed E-state index contributed by atoms with van der Waals surface area (Å²) in [6, 6.07) is 11.4. The van der Waals surface area contributed by atoms with Gasteiger partial charge in [0.2, 0.25) is 5.91 Å². The zero-order valence-corrected chi connectivity index (χ0v) is 14.0. The van der Waals surface area contributed by atoms with Crippen LogP contribution in [0, 0.1) is 0 Å². The van der Waals surface area contributed by atoms with Crippen molar-refractivity contribution in [2.45, 2.75) is 37.9 Å². The van der Waals surface area contributed by atoms with Gasteiger partial charge in [-0.2, -0.15) is 0 Å². The van der Waals surface area contributed by atoms with Gasteiger partial charge in [-0.15, -0.1) is 12.4 Å². The largest absolute Gasteiger partial charge is 0.340 e. The quantitative estimate of drug-likeness (QED) is 0.919. The number of benzene rings is 1. The van der Waals surface area contributed by atoms with Crippen LogP contribution in [0.4, 0.5) is 0 Å². The predicted octanol–water partition coefficient (Wildman–Crippen LogP) is 1.89. The average Bonchev–Trinajstić information content (AvgIpc) is 2.82. The summed E-state index contributed by atoms with van der Waals surface area (Å²) in [4.78, 5) is 16.6. The number of hydrogen-bond acceptors (Lipinski definition) is 3. The molecule has 2 bridgehead atoms. The molecule has 2 aliphatic heterocycles. The van der Waals surface area contributed by atoms with Crippen LogP contribution in [0.3, 0.4) is 0 Å². The highest BCUT2D eigenvalue weighted by Crippen LogP contribution is 2.20. The Kier molecular flexibility index (Phi) is 6.24. The van der Waals surface area contributed by atoms with E-state index in [0.29, 0.717) is 25.2 Å². The van der Waals surface area contributed by atoms with Crippen LogP contribution in [0.2, 0.25) is 0 Å². The molecule has 4 nitrogen and oxygen atoms in total. The number of nitrogens with zero attached hydrogens (tertiary/aromatic N) is 2. The van der Waals surface area contributed by atoms with E-state index in [1.807, 2.05) is 30.1 Å². The van der Waals surface area contributed by atoms with Gasteiger partial charge in [-0.25, -0.2) is 0 Å². The van der Waals surface area contributed by atoms with Crippen molar-refractivity contribution >= 4 is 18.3 Å². The highest BCUT2D eigenvalue weighted by Gasteiger charge is 2.30. The molecule has 2 aliphatic rings. The Hall–Kier alpha value is -1.10. The number of nitrogens with one attached hydrogen (secondary N) is 1. The third-order valence-corrected chi connectivity index (χ3v) is 4.65. The molecule has 0 spiro atoms. The molecule has 2 saturated heterocycles. The molecular formula is C17H26ClN3O. The lowest BCUT2D eigenvalue weighted by Gasteiger charge is -2.26. The maximum absolute atomic E-state index is 12.4. The fourth-order valence-corrected chi connectivity index (χ4v) is 3.42. The third kappa shape index (κ3) is 4.45. The highest BCUT2D eigenvalue weighted by atomic mass is 35.5. The van der Waals surface area contributed by atoms with Crippen molar-refractivity contribution in [1.29, 1.82) is 0 Å². The maximum atomic E-state index is 12.4. The first-order valence-corrected chi connectivity index (χ1v) is 7.97. The van der Waals surface area contributed by atoms with E-state index >= 15 is 0 Å². The molecule has 0 radical (unpaired) electrons. The summed E-state index contributed by atoms with van der Waals surface area (Å²) >= 11 is 0. The number of likely N-dealkylation sites (tertiary alicyclic amines) is 1. The van der Waals surface area contributed by atoms with Gasteiger partial charge >= 0.3 is 0 Å². The van der Waals surface area contributed by atoms with Crippen LogP contribution < -0.4 is 5.32 Å². The van der Waals surface area contributed by atoms with E-state index in [-0.39, 0.29) is 18.3 Å². The highest BCUT2D eigenvalue weighted by molar-refractivity contribution is 5.85. The molecule has 0 aliphatic carbocycles.